The Morgan fingerprint density at radius 3 is 2.77 bits per heavy atom. The molecule has 0 unspecified atom stereocenters. The normalized spacial score (nSPS) is 17.9. The molecule has 3 heterocycles. The van der Waals surface area contributed by atoms with Gasteiger partial charge >= 0.3 is 0 Å². The number of carbonyl (C=O) groups excluding carboxylic acids is 1. The van der Waals surface area contributed by atoms with Crippen LogP contribution in [0.4, 0.5) is 5.69 Å². The molecule has 30 heavy (non-hydrogen) atoms. The van der Waals surface area contributed by atoms with Gasteiger partial charge in [-0.2, -0.15) is 0 Å². The Hall–Kier alpha value is -2.66. The van der Waals surface area contributed by atoms with Crippen LogP contribution in [0, 0.1) is 0 Å². The molecule has 5 nitrogen and oxygen atoms in total. The van der Waals surface area contributed by atoms with E-state index in [4.69, 9.17) is 0 Å². The first-order valence-corrected chi connectivity index (χ1v) is 11.2. The number of aryl methyl sites for hydroxylation is 2. The molecule has 2 aromatic heterocycles. The number of aromatic nitrogens is 2. The molecular weight excluding hydrogens is 372 g/mol. The fraction of sp³-hybridized carbons (Fsp3) is 0.440. The van der Waals surface area contributed by atoms with E-state index in [1.54, 1.807) is 0 Å². The summed E-state index contributed by atoms with van der Waals surface area (Å²) in [6.07, 6.45) is 8.96. The second kappa shape index (κ2) is 8.23. The summed E-state index contributed by atoms with van der Waals surface area (Å²) in [5.41, 5.74) is 6.41. The molecule has 0 saturated carbocycles. The minimum absolute atomic E-state index is 0.192. The lowest BCUT2D eigenvalue weighted by molar-refractivity contribution is -0.121. The topological polar surface area (TPSA) is 41.4 Å². The maximum atomic E-state index is 12.9. The van der Waals surface area contributed by atoms with Crippen molar-refractivity contribution in [1.29, 1.82) is 0 Å². The summed E-state index contributed by atoms with van der Waals surface area (Å²) in [5.74, 6) is 0.192. The van der Waals surface area contributed by atoms with Gasteiger partial charge in [-0.15, -0.1) is 0 Å². The molecule has 1 fully saturated rings. The van der Waals surface area contributed by atoms with Crippen molar-refractivity contribution in [3.8, 4) is 0 Å². The Balaban J connectivity index is 1.31. The number of fused-ring (bicyclic) bond motifs is 3. The van der Waals surface area contributed by atoms with Crippen LogP contribution in [-0.4, -0.2) is 46.5 Å². The first-order chi connectivity index (χ1) is 14.7. The Kier molecular flexibility index (Phi) is 5.30. The number of benzene rings is 1. The van der Waals surface area contributed by atoms with Gasteiger partial charge < -0.3 is 9.47 Å². The highest BCUT2D eigenvalue weighted by molar-refractivity contribution is 5.98. The number of nitrogens with zero attached hydrogens (tertiary/aromatic N) is 4. The fourth-order valence-corrected chi connectivity index (χ4v) is 5.10. The van der Waals surface area contributed by atoms with E-state index in [0.29, 0.717) is 6.54 Å². The van der Waals surface area contributed by atoms with Gasteiger partial charge in [0.25, 0.3) is 0 Å². The number of piperazine rings is 1. The van der Waals surface area contributed by atoms with Crippen molar-refractivity contribution in [3.63, 3.8) is 0 Å². The number of hydrogen-bond donors (Lipinski definition) is 0. The Morgan fingerprint density at radius 1 is 1.03 bits per heavy atom. The summed E-state index contributed by atoms with van der Waals surface area (Å²) in [7, 11) is 2.19. The van der Waals surface area contributed by atoms with Gasteiger partial charge in [-0.1, -0.05) is 18.6 Å². The Bertz CT molecular complexity index is 1060. The summed E-state index contributed by atoms with van der Waals surface area (Å²) in [5, 5.41) is 1.37. The summed E-state index contributed by atoms with van der Waals surface area (Å²) in [4.78, 5) is 21.5. The third-order valence-electron chi connectivity index (χ3n) is 6.78. The number of pyridine rings is 1. The molecule has 1 aromatic carbocycles. The summed E-state index contributed by atoms with van der Waals surface area (Å²) in [6, 6.07) is 12.6. The van der Waals surface area contributed by atoms with Gasteiger partial charge in [-0.3, -0.25) is 14.7 Å². The molecular formula is C25H30N4O. The number of rotatable bonds is 4. The molecule has 0 N–H and O–H groups in total. The van der Waals surface area contributed by atoms with Gasteiger partial charge in [0.2, 0.25) is 5.91 Å². The highest BCUT2D eigenvalue weighted by atomic mass is 16.2. The van der Waals surface area contributed by atoms with Gasteiger partial charge in [0.05, 0.1) is 12.1 Å². The number of anilines is 1. The lowest BCUT2D eigenvalue weighted by atomic mass is 10.1. The molecule has 0 bridgehead atoms. The van der Waals surface area contributed by atoms with E-state index >= 15 is 0 Å². The van der Waals surface area contributed by atoms with E-state index in [-0.39, 0.29) is 5.91 Å². The van der Waals surface area contributed by atoms with Crippen molar-refractivity contribution in [2.75, 3.05) is 31.1 Å². The van der Waals surface area contributed by atoms with Crippen LogP contribution < -0.4 is 4.90 Å². The van der Waals surface area contributed by atoms with Gasteiger partial charge in [0.15, 0.2) is 0 Å². The van der Waals surface area contributed by atoms with Crippen LogP contribution in [0.3, 0.4) is 0 Å². The van der Waals surface area contributed by atoms with E-state index in [0.717, 1.165) is 37.4 Å². The Morgan fingerprint density at radius 2 is 1.93 bits per heavy atom. The molecule has 1 aliphatic carbocycles. The van der Waals surface area contributed by atoms with Crippen molar-refractivity contribution < 1.29 is 4.79 Å². The van der Waals surface area contributed by atoms with Crippen LogP contribution in [-0.2, 0) is 31.1 Å². The molecule has 0 radical (unpaired) electrons. The van der Waals surface area contributed by atoms with Crippen molar-refractivity contribution in [2.45, 2.75) is 38.5 Å². The number of carbonyl (C=O) groups is 1. The maximum Gasteiger partial charge on any atom is 0.241 e. The fourth-order valence-electron chi connectivity index (χ4n) is 5.10. The molecule has 0 spiro atoms. The average Bonchev–Trinajstić information content (AvgIpc) is 2.92. The van der Waals surface area contributed by atoms with Crippen LogP contribution in [0.5, 0.6) is 0 Å². The molecule has 2 aliphatic rings. The van der Waals surface area contributed by atoms with E-state index in [1.807, 2.05) is 23.2 Å². The van der Waals surface area contributed by atoms with E-state index < -0.39 is 0 Å². The van der Waals surface area contributed by atoms with E-state index in [9.17, 15) is 4.79 Å². The minimum Gasteiger partial charge on any atom is -0.347 e. The zero-order chi connectivity index (χ0) is 20.5. The molecule has 156 valence electrons. The van der Waals surface area contributed by atoms with Crippen LogP contribution in [0.25, 0.3) is 10.9 Å². The lowest BCUT2D eigenvalue weighted by Gasteiger charge is -2.34. The summed E-state index contributed by atoms with van der Waals surface area (Å²) < 4.78 is 2.37. The summed E-state index contributed by atoms with van der Waals surface area (Å²) >= 11 is 0. The van der Waals surface area contributed by atoms with Gasteiger partial charge in [-0.25, -0.2) is 0 Å². The SMILES string of the molecule is Cn1c2c(c3ccc(N4CCN(CCc5ccccn5)CC4=O)cc31)CCCCC2. The van der Waals surface area contributed by atoms with Crippen LogP contribution in [0.1, 0.15) is 36.2 Å². The van der Waals surface area contributed by atoms with Gasteiger partial charge in [0.1, 0.15) is 0 Å². The maximum absolute atomic E-state index is 12.9. The smallest absolute Gasteiger partial charge is 0.241 e. The van der Waals surface area contributed by atoms with E-state index in [1.165, 1.54) is 54.3 Å². The number of hydrogen-bond acceptors (Lipinski definition) is 3. The highest BCUT2D eigenvalue weighted by Gasteiger charge is 2.26. The van der Waals surface area contributed by atoms with Gasteiger partial charge in [-0.05, 0) is 55.5 Å². The van der Waals surface area contributed by atoms with Crippen molar-refractivity contribution in [3.05, 3.63) is 59.5 Å². The zero-order valence-corrected chi connectivity index (χ0v) is 17.8. The monoisotopic (exact) mass is 402 g/mol. The van der Waals surface area contributed by atoms with Crippen LogP contribution in [0.15, 0.2) is 42.6 Å². The van der Waals surface area contributed by atoms with Gasteiger partial charge in [0, 0.05) is 61.8 Å². The predicted octanol–water partition coefficient (Wildman–Crippen LogP) is 3.73. The average molecular weight is 403 g/mol. The second-order valence-electron chi connectivity index (χ2n) is 8.64. The molecule has 0 atom stereocenters. The first-order valence-electron chi connectivity index (χ1n) is 11.2. The minimum atomic E-state index is 0.192. The van der Waals surface area contributed by atoms with Crippen molar-refractivity contribution in [2.24, 2.45) is 7.05 Å². The lowest BCUT2D eigenvalue weighted by Crippen LogP contribution is -2.50. The third-order valence-corrected chi connectivity index (χ3v) is 6.78. The Labute approximate surface area is 178 Å². The molecule has 1 aliphatic heterocycles. The zero-order valence-electron chi connectivity index (χ0n) is 17.8. The molecule has 1 amide bonds. The highest BCUT2D eigenvalue weighted by Crippen LogP contribution is 2.33. The van der Waals surface area contributed by atoms with Crippen molar-refractivity contribution >= 4 is 22.5 Å². The van der Waals surface area contributed by atoms with Crippen LogP contribution in [0.2, 0.25) is 0 Å². The number of amides is 1. The standard InChI is InChI=1S/C25H30N4O/c1-27-23-9-4-2-3-8-21(23)22-11-10-20(17-24(22)27)29-16-15-28(18-25(29)30)14-12-19-7-5-6-13-26-19/h5-7,10-11,13,17H,2-4,8-9,12,14-16,18H2,1H3. The molecule has 3 aromatic rings. The molecule has 5 rings (SSSR count). The quantitative estimate of drug-likeness (QED) is 0.625. The first kappa shape index (κ1) is 19.3. The van der Waals surface area contributed by atoms with Crippen LogP contribution >= 0.6 is 0 Å². The van der Waals surface area contributed by atoms with Crippen molar-refractivity contribution in [1.82, 2.24) is 14.5 Å². The largest absolute Gasteiger partial charge is 0.347 e. The third kappa shape index (κ3) is 3.63. The second-order valence-corrected chi connectivity index (χ2v) is 8.64. The molecule has 1 saturated heterocycles. The summed E-state index contributed by atoms with van der Waals surface area (Å²) in [6.45, 7) is 3.01. The van der Waals surface area contributed by atoms with E-state index in [2.05, 4.69) is 45.8 Å². The molecule has 5 heteroatoms. The predicted molar refractivity (Wildman–Crippen MR) is 121 cm³/mol.